The van der Waals surface area contributed by atoms with Crippen LogP contribution in [0.1, 0.15) is 25.0 Å². The van der Waals surface area contributed by atoms with Crippen molar-refractivity contribution in [2.24, 2.45) is 0 Å². The average molecular weight is 256 g/mol. The number of hydrogen-bond donors (Lipinski definition) is 0. The maximum absolute atomic E-state index is 11.5. The Balaban J connectivity index is 3.21. The Morgan fingerprint density at radius 1 is 1.16 bits per heavy atom. The van der Waals surface area contributed by atoms with E-state index in [-0.39, 0.29) is 0 Å². The van der Waals surface area contributed by atoms with Crippen LogP contribution in [0.4, 0.5) is 0 Å². The first-order chi connectivity index (χ1) is 8.93. The smallest absolute Gasteiger partial charge is 0.335 e. The van der Waals surface area contributed by atoms with Crippen LogP contribution in [0.15, 0.2) is 55.2 Å². The minimum Gasteiger partial charge on any atom is -0.423 e. The van der Waals surface area contributed by atoms with Gasteiger partial charge in [-0.05, 0) is 37.8 Å². The summed E-state index contributed by atoms with van der Waals surface area (Å²) in [7, 11) is 0. The van der Waals surface area contributed by atoms with Crippen molar-refractivity contribution in [2.45, 2.75) is 26.7 Å². The Kier molecular flexibility index (Phi) is 5.31. The molecular formula is C17H20O2. The monoisotopic (exact) mass is 256 g/mol. The van der Waals surface area contributed by atoms with E-state index in [0.717, 1.165) is 22.3 Å². The zero-order chi connectivity index (χ0) is 14.4. The summed E-state index contributed by atoms with van der Waals surface area (Å²) in [6.07, 6.45) is 2.54. The molecule has 0 N–H and O–H groups in total. The van der Waals surface area contributed by atoms with Gasteiger partial charge in [0.25, 0.3) is 0 Å². The number of rotatable bonds is 6. The van der Waals surface area contributed by atoms with Crippen molar-refractivity contribution in [1.82, 2.24) is 0 Å². The molecule has 2 heteroatoms. The van der Waals surface area contributed by atoms with Gasteiger partial charge in [-0.3, -0.25) is 0 Å². The first-order valence-electron chi connectivity index (χ1n) is 6.17. The van der Waals surface area contributed by atoms with Crippen molar-refractivity contribution in [3.63, 3.8) is 0 Å². The first kappa shape index (κ1) is 15.0. The van der Waals surface area contributed by atoms with Crippen LogP contribution in [0.25, 0.3) is 0 Å². The molecule has 0 amide bonds. The number of para-hydroxylation sites is 1. The quantitative estimate of drug-likeness (QED) is 0.332. The van der Waals surface area contributed by atoms with E-state index in [0.29, 0.717) is 18.6 Å². The lowest BCUT2D eigenvalue weighted by Crippen LogP contribution is -2.08. The summed E-state index contributed by atoms with van der Waals surface area (Å²) in [6, 6.07) is 5.85. The number of carbonyl (C=O) groups is 1. The molecule has 0 saturated carbocycles. The molecule has 0 bridgehead atoms. The Bertz CT molecular complexity index is 490. The minimum atomic E-state index is -0.447. The number of ether oxygens (including phenoxy) is 1. The van der Waals surface area contributed by atoms with E-state index in [1.54, 1.807) is 0 Å². The van der Waals surface area contributed by atoms with Gasteiger partial charge in [0.1, 0.15) is 5.75 Å². The molecule has 0 unspecified atom stereocenters. The van der Waals surface area contributed by atoms with Gasteiger partial charge in [-0.1, -0.05) is 49.1 Å². The van der Waals surface area contributed by atoms with Gasteiger partial charge >= 0.3 is 5.97 Å². The third-order valence-electron chi connectivity index (χ3n) is 2.53. The Morgan fingerprint density at radius 3 is 2.00 bits per heavy atom. The molecule has 0 heterocycles. The normalized spacial score (nSPS) is 9.79. The van der Waals surface area contributed by atoms with Crippen molar-refractivity contribution >= 4 is 5.97 Å². The van der Waals surface area contributed by atoms with Gasteiger partial charge in [-0.15, -0.1) is 0 Å². The second-order valence-electron chi connectivity index (χ2n) is 4.80. The maximum Gasteiger partial charge on any atom is 0.335 e. The van der Waals surface area contributed by atoms with E-state index in [4.69, 9.17) is 4.74 Å². The van der Waals surface area contributed by atoms with Crippen molar-refractivity contribution in [3.05, 3.63) is 66.3 Å². The van der Waals surface area contributed by atoms with Gasteiger partial charge in [-0.25, -0.2) is 4.79 Å². The number of allylic oxidation sites excluding steroid dienone is 2. The Labute approximate surface area is 115 Å². The zero-order valence-corrected chi connectivity index (χ0v) is 11.7. The lowest BCUT2D eigenvalue weighted by Gasteiger charge is -2.14. The van der Waals surface area contributed by atoms with Crippen LogP contribution in [-0.4, -0.2) is 5.97 Å². The molecule has 0 aromatic heterocycles. The molecule has 0 radical (unpaired) electrons. The molecule has 1 rings (SSSR count). The summed E-state index contributed by atoms with van der Waals surface area (Å²) in [5.41, 5.74) is 3.95. The van der Waals surface area contributed by atoms with Crippen molar-refractivity contribution in [2.75, 3.05) is 0 Å². The second-order valence-corrected chi connectivity index (χ2v) is 4.80. The van der Waals surface area contributed by atoms with E-state index >= 15 is 0 Å². The van der Waals surface area contributed by atoms with Crippen LogP contribution in [0, 0.1) is 0 Å². The fourth-order valence-electron chi connectivity index (χ4n) is 1.84. The summed E-state index contributed by atoms with van der Waals surface area (Å²) in [5, 5.41) is 0. The van der Waals surface area contributed by atoms with Crippen LogP contribution >= 0.6 is 0 Å². The Hall–Kier alpha value is -2.09. The molecule has 1 aromatic carbocycles. The average Bonchev–Trinajstić information content (AvgIpc) is 2.31. The highest BCUT2D eigenvalue weighted by molar-refractivity contribution is 5.84. The summed E-state index contributed by atoms with van der Waals surface area (Å²) >= 11 is 0. The van der Waals surface area contributed by atoms with Gasteiger partial charge in [0.05, 0.1) is 0 Å². The van der Waals surface area contributed by atoms with E-state index in [9.17, 15) is 4.79 Å². The van der Waals surface area contributed by atoms with Gasteiger partial charge < -0.3 is 4.74 Å². The van der Waals surface area contributed by atoms with Gasteiger partial charge in [0.2, 0.25) is 0 Å². The molecule has 1 aromatic rings. The third-order valence-corrected chi connectivity index (χ3v) is 2.53. The molecular weight excluding hydrogens is 236 g/mol. The lowest BCUT2D eigenvalue weighted by molar-refractivity contribution is -0.129. The van der Waals surface area contributed by atoms with Crippen LogP contribution in [-0.2, 0) is 17.6 Å². The molecule has 0 aliphatic carbocycles. The number of hydrogen-bond acceptors (Lipinski definition) is 2. The zero-order valence-electron chi connectivity index (χ0n) is 11.7. The molecule has 0 fully saturated rings. The molecule has 2 nitrogen and oxygen atoms in total. The first-order valence-corrected chi connectivity index (χ1v) is 6.17. The van der Waals surface area contributed by atoms with E-state index < -0.39 is 5.97 Å². The summed E-state index contributed by atoms with van der Waals surface area (Å²) in [6.45, 7) is 15.1. The predicted molar refractivity (Wildman–Crippen MR) is 79.3 cm³/mol. The Morgan fingerprint density at radius 2 is 1.63 bits per heavy atom. The van der Waals surface area contributed by atoms with Crippen LogP contribution in [0.5, 0.6) is 5.75 Å². The second kappa shape index (κ2) is 6.74. The summed E-state index contributed by atoms with van der Waals surface area (Å²) in [5.74, 6) is 0.163. The van der Waals surface area contributed by atoms with E-state index in [2.05, 4.69) is 19.7 Å². The lowest BCUT2D eigenvalue weighted by atomic mass is 9.99. The largest absolute Gasteiger partial charge is 0.423 e. The molecule has 0 spiro atoms. The van der Waals surface area contributed by atoms with Crippen LogP contribution < -0.4 is 4.74 Å². The SMILES string of the molecule is C=CC(=O)Oc1c(CC(=C)C)cccc1CC(=C)C. The maximum atomic E-state index is 11.5. The fourth-order valence-corrected chi connectivity index (χ4v) is 1.84. The summed E-state index contributed by atoms with van der Waals surface area (Å²) < 4.78 is 5.39. The van der Waals surface area contributed by atoms with Crippen molar-refractivity contribution in [1.29, 1.82) is 0 Å². The highest BCUT2D eigenvalue weighted by Gasteiger charge is 2.12. The third kappa shape index (κ3) is 4.59. The number of esters is 1. The standard InChI is InChI=1S/C17H20O2/c1-6-16(18)19-17-14(10-12(2)3)8-7-9-15(17)11-13(4)5/h6-9H,1-2,4,10-11H2,3,5H3. The van der Waals surface area contributed by atoms with Crippen molar-refractivity contribution in [3.8, 4) is 5.75 Å². The van der Waals surface area contributed by atoms with E-state index in [1.165, 1.54) is 6.08 Å². The molecule has 19 heavy (non-hydrogen) atoms. The van der Waals surface area contributed by atoms with Crippen LogP contribution in [0.3, 0.4) is 0 Å². The van der Waals surface area contributed by atoms with Gasteiger partial charge in [-0.2, -0.15) is 0 Å². The molecule has 100 valence electrons. The van der Waals surface area contributed by atoms with E-state index in [1.807, 2.05) is 32.0 Å². The minimum absolute atomic E-state index is 0.447. The molecule has 0 aliphatic heterocycles. The highest BCUT2D eigenvalue weighted by atomic mass is 16.5. The fraction of sp³-hybridized carbons (Fsp3) is 0.235. The number of benzene rings is 1. The van der Waals surface area contributed by atoms with Gasteiger partial charge in [0, 0.05) is 6.08 Å². The molecule has 0 saturated heterocycles. The van der Waals surface area contributed by atoms with Crippen LogP contribution in [0.2, 0.25) is 0 Å². The van der Waals surface area contributed by atoms with Crippen molar-refractivity contribution < 1.29 is 9.53 Å². The molecule has 0 atom stereocenters. The number of carbonyl (C=O) groups excluding carboxylic acids is 1. The highest BCUT2D eigenvalue weighted by Crippen LogP contribution is 2.28. The predicted octanol–water partition coefficient (Wildman–Crippen LogP) is 4.02. The molecule has 0 aliphatic rings. The topological polar surface area (TPSA) is 26.3 Å². The summed E-state index contributed by atoms with van der Waals surface area (Å²) in [4.78, 5) is 11.5. The van der Waals surface area contributed by atoms with Gasteiger partial charge in [0.15, 0.2) is 0 Å².